The molecule has 1 aliphatic heterocycles. The Labute approximate surface area is 142 Å². The van der Waals surface area contributed by atoms with Gasteiger partial charge in [-0.1, -0.05) is 6.92 Å². The number of carbonyl (C=O) groups is 1. The SMILES string of the molecule is Cc1cc(C)n2nc(C(=O)NCCCN3CCCC(C)C3)nc2n1. The Bertz CT molecular complexity index is 725. The number of aryl methyl sites for hydroxylation is 2. The average Bonchev–Trinajstić information content (AvgIpc) is 2.96. The van der Waals surface area contributed by atoms with Crippen LogP contribution < -0.4 is 5.32 Å². The van der Waals surface area contributed by atoms with Crippen LogP contribution in [0.5, 0.6) is 0 Å². The van der Waals surface area contributed by atoms with Crippen LogP contribution in [0.1, 0.15) is 48.2 Å². The lowest BCUT2D eigenvalue weighted by molar-refractivity contribution is 0.0940. The minimum Gasteiger partial charge on any atom is -0.349 e. The van der Waals surface area contributed by atoms with Gasteiger partial charge in [0.1, 0.15) is 0 Å². The smallest absolute Gasteiger partial charge is 0.291 e. The molecule has 1 atom stereocenters. The molecular formula is C17H26N6O. The van der Waals surface area contributed by atoms with Crippen LogP contribution in [0.25, 0.3) is 5.78 Å². The maximum atomic E-state index is 12.2. The highest BCUT2D eigenvalue weighted by atomic mass is 16.2. The van der Waals surface area contributed by atoms with Crippen LogP contribution in [0, 0.1) is 19.8 Å². The molecule has 3 rings (SSSR count). The first-order chi connectivity index (χ1) is 11.5. The Morgan fingerprint density at radius 2 is 2.21 bits per heavy atom. The number of nitrogens with one attached hydrogen (secondary N) is 1. The molecule has 1 saturated heterocycles. The third kappa shape index (κ3) is 3.90. The second-order valence-corrected chi connectivity index (χ2v) is 6.84. The number of piperidine rings is 1. The van der Waals surface area contributed by atoms with E-state index in [2.05, 4.69) is 32.2 Å². The molecule has 0 aliphatic carbocycles. The van der Waals surface area contributed by atoms with Gasteiger partial charge in [-0.2, -0.15) is 4.98 Å². The number of hydrogen-bond acceptors (Lipinski definition) is 5. The fourth-order valence-corrected chi connectivity index (χ4v) is 3.34. The van der Waals surface area contributed by atoms with Crippen LogP contribution in [0.3, 0.4) is 0 Å². The van der Waals surface area contributed by atoms with Gasteiger partial charge in [-0.25, -0.2) is 9.50 Å². The third-order valence-corrected chi connectivity index (χ3v) is 4.50. The summed E-state index contributed by atoms with van der Waals surface area (Å²) in [7, 11) is 0. The number of carbonyl (C=O) groups excluding carboxylic acids is 1. The van der Waals surface area contributed by atoms with Gasteiger partial charge in [-0.3, -0.25) is 4.79 Å². The Morgan fingerprint density at radius 1 is 1.38 bits per heavy atom. The number of aromatic nitrogens is 4. The molecule has 0 spiro atoms. The Kier molecular flexibility index (Phi) is 5.08. The molecule has 7 nitrogen and oxygen atoms in total. The van der Waals surface area contributed by atoms with Crippen molar-refractivity contribution < 1.29 is 4.79 Å². The summed E-state index contributed by atoms with van der Waals surface area (Å²) in [6.45, 7) is 10.2. The van der Waals surface area contributed by atoms with Crippen LogP contribution in [0.2, 0.25) is 0 Å². The quantitative estimate of drug-likeness (QED) is 0.843. The summed E-state index contributed by atoms with van der Waals surface area (Å²) < 4.78 is 1.61. The maximum Gasteiger partial charge on any atom is 0.291 e. The first-order valence-electron chi connectivity index (χ1n) is 8.74. The molecule has 24 heavy (non-hydrogen) atoms. The third-order valence-electron chi connectivity index (χ3n) is 4.50. The standard InChI is InChI=1S/C17H26N6O/c1-12-6-4-8-22(11-12)9-5-7-18-16(24)15-20-17-19-13(2)10-14(3)23(17)21-15/h10,12H,4-9,11H2,1-3H3,(H,18,24). The van der Waals surface area contributed by atoms with E-state index in [9.17, 15) is 4.79 Å². The van der Waals surface area contributed by atoms with Crippen molar-refractivity contribution in [2.75, 3.05) is 26.2 Å². The predicted molar refractivity (Wildman–Crippen MR) is 92.0 cm³/mol. The largest absolute Gasteiger partial charge is 0.349 e. The number of nitrogens with zero attached hydrogens (tertiary/aromatic N) is 5. The minimum atomic E-state index is -0.232. The topological polar surface area (TPSA) is 75.4 Å². The van der Waals surface area contributed by atoms with E-state index in [4.69, 9.17) is 0 Å². The first kappa shape index (κ1) is 16.8. The summed E-state index contributed by atoms with van der Waals surface area (Å²) in [6.07, 6.45) is 3.56. The predicted octanol–water partition coefficient (Wildman–Crippen LogP) is 1.59. The van der Waals surface area contributed by atoms with E-state index in [-0.39, 0.29) is 11.7 Å². The van der Waals surface area contributed by atoms with Gasteiger partial charge in [-0.05, 0) is 58.2 Å². The molecular weight excluding hydrogens is 304 g/mol. The van der Waals surface area contributed by atoms with Crippen molar-refractivity contribution in [1.82, 2.24) is 29.8 Å². The highest BCUT2D eigenvalue weighted by molar-refractivity contribution is 5.90. The van der Waals surface area contributed by atoms with Crippen molar-refractivity contribution in [3.8, 4) is 0 Å². The van der Waals surface area contributed by atoms with E-state index in [1.54, 1.807) is 4.52 Å². The summed E-state index contributed by atoms with van der Waals surface area (Å²) in [6, 6.07) is 1.92. The summed E-state index contributed by atoms with van der Waals surface area (Å²) in [5.74, 6) is 1.21. The molecule has 1 fully saturated rings. The van der Waals surface area contributed by atoms with E-state index < -0.39 is 0 Å². The van der Waals surface area contributed by atoms with Crippen molar-refractivity contribution in [3.63, 3.8) is 0 Å². The number of rotatable bonds is 5. The molecule has 2 aromatic rings. The van der Waals surface area contributed by atoms with Crippen LogP contribution in [0.4, 0.5) is 0 Å². The molecule has 1 amide bonds. The molecule has 7 heteroatoms. The molecule has 0 radical (unpaired) electrons. The van der Waals surface area contributed by atoms with Gasteiger partial charge in [0.05, 0.1) is 0 Å². The molecule has 0 saturated carbocycles. The second kappa shape index (κ2) is 7.25. The fraction of sp³-hybridized carbons (Fsp3) is 0.647. The maximum absolute atomic E-state index is 12.2. The number of hydrogen-bond donors (Lipinski definition) is 1. The molecule has 1 unspecified atom stereocenters. The normalized spacial score (nSPS) is 18.9. The van der Waals surface area contributed by atoms with Gasteiger partial charge in [-0.15, -0.1) is 5.10 Å². The summed E-state index contributed by atoms with van der Waals surface area (Å²) in [5, 5.41) is 7.17. The van der Waals surface area contributed by atoms with Gasteiger partial charge in [0.15, 0.2) is 0 Å². The molecule has 1 aliphatic rings. The van der Waals surface area contributed by atoms with E-state index in [1.165, 1.54) is 25.9 Å². The van der Waals surface area contributed by atoms with Gasteiger partial charge in [0.25, 0.3) is 11.7 Å². The second-order valence-electron chi connectivity index (χ2n) is 6.84. The summed E-state index contributed by atoms with van der Waals surface area (Å²) >= 11 is 0. The number of amides is 1. The van der Waals surface area contributed by atoms with E-state index in [0.29, 0.717) is 12.3 Å². The molecule has 0 bridgehead atoms. The number of likely N-dealkylation sites (tertiary alicyclic amines) is 1. The van der Waals surface area contributed by atoms with Crippen molar-refractivity contribution in [3.05, 3.63) is 23.3 Å². The number of fused-ring (bicyclic) bond motifs is 1. The van der Waals surface area contributed by atoms with Gasteiger partial charge < -0.3 is 10.2 Å². The highest BCUT2D eigenvalue weighted by Crippen LogP contribution is 2.15. The molecule has 0 aromatic carbocycles. The van der Waals surface area contributed by atoms with Crippen LogP contribution >= 0.6 is 0 Å². The lowest BCUT2D eigenvalue weighted by Crippen LogP contribution is -2.36. The fourth-order valence-electron chi connectivity index (χ4n) is 3.34. The highest BCUT2D eigenvalue weighted by Gasteiger charge is 2.17. The first-order valence-corrected chi connectivity index (χ1v) is 8.74. The van der Waals surface area contributed by atoms with Crippen molar-refractivity contribution in [2.45, 2.75) is 40.0 Å². The monoisotopic (exact) mass is 330 g/mol. The summed E-state index contributed by atoms with van der Waals surface area (Å²) in [5.41, 5.74) is 1.79. The van der Waals surface area contributed by atoms with E-state index in [1.807, 2.05) is 19.9 Å². The van der Waals surface area contributed by atoms with Gasteiger partial charge in [0, 0.05) is 24.5 Å². The minimum absolute atomic E-state index is 0.183. The van der Waals surface area contributed by atoms with Crippen molar-refractivity contribution in [1.29, 1.82) is 0 Å². The Hall–Kier alpha value is -2.02. The van der Waals surface area contributed by atoms with Gasteiger partial charge in [0.2, 0.25) is 5.82 Å². The Balaban J connectivity index is 1.51. The van der Waals surface area contributed by atoms with Crippen LogP contribution in [-0.4, -0.2) is 56.6 Å². The van der Waals surface area contributed by atoms with Gasteiger partial charge >= 0.3 is 0 Å². The van der Waals surface area contributed by atoms with E-state index >= 15 is 0 Å². The zero-order valence-corrected chi connectivity index (χ0v) is 14.7. The molecule has 1 N–H and O–H groups in total. The van der Waals surface area contributed by atoms with Crippen LogP contribution in [-0.2, 0) is 0 Å². The van der Waals surface area contributed by atoms with Crippen LogP contribution in [0.15, 0.2) is 6.07 Å². The molecule has 3 heterocycles. The lowest BCUT2D eigenvalue weighted by Gasteiger charge is -2.30. The average molecular weight is 330 g/mol. The van der Waals surface area contributed by atoms with E-state index in [0.717, 1.165) is 30.3 Å². The zero-order chi connectivity index (χ0) is 17.1. The molecule has 130 valence electrons. The van der Waals surface area contributed by atoms with Crippen molar-refractivity contribution in [2.24, 2.45) is 5.92 Å². The Morgan fingerprint density at radius 3 is 3.00 bits per heavy atom. The van der Waals surface area contributed by atoms with Crippen molar-refractivity contribution >= 4 is 11.7 Å². The lowest BCUT2D eigenvalue weighted by atomic mass is 10.0. The zero-order valence-electron chi connectivity index (χ0n) is 14.7. The summed E-state index contributed by atoms with van der Waals surface area (Å²) in [4.78, 5) is 23.2. The molecule has 2 aromatic heterocycles.